The molecule has 0 spiro atoms. The van der Waals surface area contributed by atoms with Gasteiger partial charge in [-0.05, 0) is 62.3 Å². The summed E-state index contributed by atoms with van der Waals surface area (Å²) in [6.45, 7) is 5.70. The van der Waals surface area contributed by atoms with Crippen molar-refractivity contribution in [3.05, 3.63) is 29.8 Å². The summed E-state index contributed by atoms with van der Waals surface area (Å²) >= 11 is 0. The molecule has 0 radical (unpaired) electrons. The van der Waals surface area contributed by atoms with Crippen LogP contribution in [0.15, 0.2) is 24.3 Å². The molecular formula is C15H23NO. The van der Waals surface area contributed by atoms with Crippen LogP contribution in [0.1, 0.15) is 32.3 Å². The summed E-state index contributed by atoms with van der Waals surface area (Å²) in [7, 11) is 0. The highest BCUT2D eigenvalue weighted by atomic mass is 16.3. The van der Waals surface area contributed by atoms with Crippen molar-refractivity contribution in [1.82, 2.24) is 5.32 Å². The van der Waals surface area contributed by atoms with Crippen molar-refractivity contribution in [3.63, 3.8) is 0 Å². The molecule has 2 N–H and O–H groups in total. The van der Waals surface area contributed by atoms with Gasteiger partial charge in [0.25, 0.3) is 0 Å². The smallest absolute Gasteiger partial charge is 0.115 e. The maximum atomic E-state index is 9.22. The fraction of sp³-hybridized carbons (Fsp3) is 0.600. The van der Waals surface area contributed by atoms with E-state index in [1.807, 2.05) is 12.1 Å². The third-order valence-electron chi connectivity index (χ3n) is 3.69. The van der Waals surface area contributed by atoms with Gasteiger partial charge in [0.1, 0.15) is 5.75 Å². The molecule has 0 aliphatic heterocycles. The molecule has 0 amide bonds. The van der Waals surface area contributed by atoms with E-state index in [2.05, 4.69) is 19.2 Å². The summed E-state index contributed by atoms with van der Waals surface area (Å²) in [6, 6.07) is 8.01. The topological polar surface area (TPSA) is 32.3 Å². The molecule has 2 heteroatoms. The fourth-order valence-corrected chi connectivity index (χ4v) is 2.28. The van der Waals surface area contributed by atoms with Crippen molar-refractivity contribution in [1.29, 1.82) is 0 Å². The molecule has 1 aliphatic carbocycles. The van der Waals surface area contributed by atoms with E-state index in [0.717, 1.165) is 24.8 Å². The van der Waals surface area contributed by atoms with E-state index in [0.29, 0.717) is 11.8 Å². The second kappa shape index (κ2) is 5.54. The van der Waals surface area contributed by atoms with Gasteiger partial charge in [-0.15, -0.1) is 0 Å². The molecule has 1 aliphatic rings. The quantitative estimate of drug-likeness (QED) is 0.791. The Morgan fingerprint density at radius 3 is 2.47 bits per heavy atom. The minimum atomic E-state index is 0.344. The first-order chi connectivity index (χ1) is 8.15. The van der Waals surface area contributed by atoms with Crippen molar-refractivity contribution < 1.29 is 5.11 Å². The highest BCUT2D eigenvalue weighted by Crippen LogP contribution is 2.36. The Hall–Kier alpha value is -1.02. The maximum absolute atomic E-state index is 9.22. The standard InChI is InChI=1S/C15H23NO/c1-11(14-5-6-14)10-16-12(2)9-13-3-7-15(17)8-4-13/h3-4,7-8,11-12,14,16-17H,5-6,9-10H2,1-2H3. The van der Waals surface area contributed by atoms with Crippen molar-refractivity contribution in [2.45, 2.75) is 39.2 Å². The zero-order valence-corrected chi connectivity index (χ0v) is 10.8. The van der Waals surface area contributed by atoms with Crippen LogP contribution in [0.3, 0.4) is 0 Å². The lowest BCUT2D eigenvalue weighted by atomic mass is 10.0. The van der Waals surface area contributed by atoms with Crippen molar-refractivity contribution in [2.75, 3.05) is 6.54 Å². The van der Waals surface area contributed by atoms with Gasteiger partial charge in [0.05, 0.1) is 0 Å². The monoisotopic (exact) mass is 233 g/mol. The van der Waals surface area contributed by atoms with E-state index in [1.54, 1.807) is 12.1 Å². The molecule has 0 bridgehead atoms. The summed E-state index contributed by atoms with van der Waals surface area (Å²) in [5, 5.41) is 12.8. The van der Waals surface area contributed by atoms with Crippen LogP contribution in [-0.2, 0) is 6.42 Å². The maximum Gasteiger partial charge on any atom is 0.115 e. The summed E-state index contributed by atoms with van der Waals surface area (Å²) in [6.07, 6.45) is 3.88. The van der Waals surface area contributed by atoms with Gasteiger partial charge in [0, 0.05) is 6.04 Å². The van der Waals surface area contributed by atoms with Crippen LogP contribution in [0.4, 0.5) is 0 Å². The van der Waals surface area contributed by atoms with Crippen LogP contribution in [0, 0.1) is 11.8 Å². The summed E-state index contributed by atoms with van der Waals surface area (Å²) in [5.74, 6) is 2.14. The largest absolute Gasteiger partial charge is 0.508 e. The van der Waals surface area contributed by atoms with Crippen molar-refractivity contribution in [2.24, 2.45) is 11.8 Å². The summed E-state index contributed by atoms with van der Waals surface area (Å²) in [4.78, 5) is 0. The lowest BCUT2D eigenvalue weighted by Gasteiger charge is -2.17. The van der Waals surface area contributed by atoms with Crippen LogP contribution < -0.4 is 5.32 Å². The molecule has 2 rings (SSSR count). The molecule has 2 unspecified atom stereocenters. The van der Waals surface area contributed by atoms with Crippen LogP contribution in [0.5, 0.6) is 5.75 Å². The Morgan fingerprint density at radius 2 is 1.88 bits per heavy atom. The van der Waals surface area contributed by atoms with Gasteiger partial charge in [-0.25, -0.2) is 0 Å². The average Bonchev–Trinajstić information content (AvgIpc) is 3.13. The molecule has 2 atom stereocenters. The zero-order chi connectivity index (χ0) is 12.3. The minimum absolute atomic E-state index is 0.344. The SMILES string of the molecule is CC(Cc1ccc(O)cc1)NCC(C)C1CC1. The van der Waals surface area contributed by atoms with Gasteiger partial charge >= 0.3 is 0 Å². The van der Waals surface area contributed by atoms with Gasteiger partial charge < -0.3 is 10.4 Å². The van der Waals surface area contributed by atoms with Gasteiger partial charge in [-0.3, -0.25) is 0 Å². The first kappa shape index (κ1) is 12.4. The molecule has 1 aromatic carbocycles. The van der Waals surface area contributed by atoms with Crippen molar-refractivity contribution in [3.8, 4) is 5.75 Å². The van der Waals surface area contributed by atoms with E-state index >= 15 is 0 Å². The number of nitrogens with one attached hydrogen (secondary N) is 1. The normalized spacial score (nSPS) is 18.9. The van der Waals surface area contributed by atoms with E-state index in [4.69, 9.17) is 0 Å². The van der Waals surface area contributed by atoms with Gasteiger partial charge in [0.2, 0.25) is 0 Å². The third kappa shape index (κ3) is 4.04. The zero-order valence-electron chi connectivity index (χ0n) is 10.8. The molecular weight excluding hydrogens is 210 g/mol. The molecule has 0 saturated heterocycles. The van der Waals surface area contributed by atoms with Gasteiger partial charge in [-0.2, -0.15) is 0 Å². The molecule has 1 fully saturated rings. The Bertz CT molecular complexity index is 342. The van der Waals surface area contributed by atoms with E-state index in [1.165, 1.54) is 18.4 Å². The number of phenolic OH excluding ortho intramolecular Hbond substituents is 1. The first-order valence-corrected chi connectivity index (χ1v) is 6.66. The molecule has 17 heavy (non-hydrogen) atoms. The Morgan fingerprint density at radius 1 is 1.24 bits per heavy atom. The Kier molecular flexibility index (Phi) is 4.06. The van der Waals surface area contributed by atoms with Crippen LogP contribution >= 0.6 is 0 Å². The number of rotatable bonds is 6. The van der Waals surface area contributed by atoms with Crippen LogP contribution in [-0.4, -0.2) is 17.7 Å². The molecule has 94 valence electrons. The fourth-order valence-electron chi connectivity index (χ4n) is 2.28. The molecule has 0 heterocycles. The summed E-state index contributed by atoms with van der Waals surface area (Å²) < 4.78 is 0. The molecule has 0 aromatic heterocycles. The average molecular weight is 233 g/mol. The van der Waals surface area contributed by atoms with Gasteiger partial charge in [0.15, 0.2) is 0 Å². The Labute approximate surface area is 104 Å². The summed E-state index contributed by atoms with van der Waals surface area (Å²) in [5.41, 5.74) is 1.28. The Balaban J connectivity index is 1.72. The molecule has 2 nitrogen and oxygen atoms in total. The lowest BCUT2D eigenvalue weighted by molar-refractivity contribution is 0.425. The predicted molar refractivity (Wildman–Crippen MR) is 71.2 cm³/mol. The second-order valence-electron chi connectivity index (χ2n) is 5.49. The molecule has 1 saturated carbocycles. The second-order valence-corrected chi connectivity index (χ2v) is 5.49. The number of hydrogen-bond donors (Lipinski definition) is 2. The minimum Gasteiger partial charge on any atom is -0.508 e. The number of phenols is 1. The number of benzene rings is 1. The predicted octanol–water partition coefficient (Wildman–Crippen LogP) is 2.96. The third-order valence-corrected chi connectivity index (χ3v) is 3.69. The number of aromatic hydroxyl groups is 1. The highest BCUT2D eigenvalue weighted by molar-refractivity contribution is 5.26. The van der Waals surface area contributed by atoms with Crippen molar-refractivity contribution >= 4 is 0 Å². The highest BCUT2D eigenvalue weighted by Gasteiger charge is 2.27. The van der Waals surface area contributed by atoms with Crippen LogP contribution in [0.2, 0.25) is 0 Å². The van der Waals surface area contributed by atoms with Gasteiger partial charge in [-0.1, -0.05) is 19.1 Å². The van der Waals surface area contributed by atoms with Crippen LogP contribution in [0.25, 0.3) is 0 Å². The number of hydrogen-bond acceptors (Lipinski definition) is 2. The first-order valence-electron chi connectivity index (χ1n) is 6.66. The van der Waals surface area contributed by atoms with E-state index in [9.17, 15) is 5.11 Å². The lowest BCUT2D eigenvalue weighted by Crippen LogP contribution is -2.32. The van der Waals surface area contributed by atoms with E-state index in [-0.39, 0.29) is 0 Å². The molecule has 1 aromatic rings. The van der Waals surface area contributed by atoms with E-state index < -0.39 is 0 Å².